The number of nitrogens with zero attached hydrogens (tertiary/aromatic N) is 1. The summed E-state index contributed by atoms with van der Waals surface area (Å²) in [5.41, 5.74) is 2.45. The molecule has 0 unspecified atom stereocenters. The third-order valence-electron chi connectivity index (χ3n) is 5.30. The molecule has 0 saturated heterocycles. The first-order valence-electron chi connectivity index (χ1n) is 10.7. The number of halogens is 2. The number of H-pyrrole nitrogens is 1. The van der Waals surface area contributed by atoms with Crippen LogP contribution in [0, 0.1) is 17.6 Å². The molecule has 9 heteroatoms. The Morgan fingerprint density at radius 3 is 2.31 bits per heavy atom. The normalized spacial score (nSPS) is 13.7. The van der Waals surface area contributed by atoms with Crippen molar-refractivity contribution in [2.24, 2.45) is 5.92 Å². The number of pyridine rings is 1. The number of hydrogen-bond acceptors (Lipinski definition) is 5. The maximum absolute atomic E-state index is 14.4. The number of rotatable bonds is 4. The molecule has 1 aliphatic heterocycles. The molecule has 0 atom stereocenters. The van der Waals surface area contributed by atoms with E-state index in [9.17, 15) is 22.0 Å². The summed E-state index contributed by atoms with van der Waals surface area (Å²) in [6.07, 6.45) is 3.10. The Hall–Kier alpha value is -3.85. The lowest BCUT2D eigenvalue weighted by atomic mass is 9.97. The quantitative estimate of drug-likeness (QED) is 0.260. The van der Waals surface area contributed by atoms with E-state index in [-0.39, 0.29) is 11.5 Å². The number of aromatic amines is 1. The van der Waals surface area contributed by atoms with Crippen LogP contribution in [0.3, 0.4) is 0 Å². The Labute approximate surface area is 201 Å². The van der Waals surface area contributed by atoms with Gasteiger partial charge in [-0.25, -0.2) is 27.0 Å². The zero-order valence-corrected chi connectivity index (χ0v) is 20.0. The van der Waals surface area contributed by atoms with Crippen LogP contribution in [0.4, 0.5) is 8.78 Å². The highest BCUT2D eigenvalue weighted by Crippen LogP contribution is 2.38. The van der Waals surface area contributed by atoms with Gasteiger partial charge >= 0.3 is 5.97 Å². The van der Waals surface area contributed by atoms with Crippen molar-refractivity contribution < 1.29 is 26.7 Å². The Kier molecular flexibility index (Phi) is 6.53. The van der Waals surface area contributed by atoms with Crippen molar-refractivity contribution >= 4 is 32.4 Å². The molecule has 2 aromatic heterocycles. The molecule has 6 nitrogen and oxygen atoms in total. The van der Waals surface area contributed by atoms with Crippen LogP contribution in [0.25, 0.3) is 16.6 Å². The van der Waals surface area contributed by atoms with Crippen LogP contribution < -0.4 is 0 Å². The Balaban J connectivity index is 0.000000266. The van der Waals surface area contributed by atoms with E-state index >= 15 is 0 Å². The summed E-state index contributed by atoms with van der Waals surface area (Å²) in [5, 5.41) is 0.626. The SMILES string of the molecule is COC(=O)c1ccc(C(=CC(C)C)c2cc3cc(F)cnc3[nH]2)cc1F.O=S1(=O)c2ccccc21. The van der Waals surface area contributed by atoms with Crippen LogP contribution in [0.2, 0.25) is 0 Å². The van der Waals surface area contributed by atoms with Gasteiger partial charge in [0.15, 0.2) is 0 Å². The fraction of sp³-hybridized carbons (Fsp3) is 0.154. The van der Waals surface area contributed by atoms with Crippen molar-refractivity contribution in [2.45, 2.75) is 23.6 Å². The van der Waals surface area contributed by atoms with Crippen molar-refractivity contribution in [3.05, 3.63) is 95.3 Å². The molecule has 2 aromatic carbocycles. The number of methoxy groups -OCH3 is 1. The minimum atomic E-state index is -2.88. The van der Waals surface area contributed by atoms with Gasteiger partial charge in [-0.15, -0.1) is 0 Å². The third kappa shape index (κ3) is 5.00. The number of ether oxygens (including phenoxy) is 1. The average molecular weight is 497 g/mol. The molecule has 0 amide bonds. The third-order valence-corrected chi connectivity index (χ3v) is 6.96. The first kappa shape index (κ1) is 24.3. The highest BCUT2D eigenvalue weighted by molar-refractivity contribution is 7.97. The first-order valence-corrected chi connectivity index (χ1v) is 12.2. The smallest absolute Gasteiger partial charge is 0.340 e. The van der Waals surface area contributed by atoms with E-state index in [2.05, 4.69) is 14.7 Å². The van der Waals surface area contributed by atoms with Gasteiger partial charge in [-0.1, -0.05) is 38.1 Å². The highest BCUT2D eigenvalue weighted by Gasteiger charge is 2.37. The summed E-state index contributed by atoms with van der Waals surface area (Å²) in [4.78, 5) is 19.7. The minimum Gasteiger partial charge on any atom is -0.465 e. The number of carbonyl (C=O) groups is 1. The van der Waals surface area contributed by atoms with Crippen LogP contribution in [0.15, 0.2) is 76.7 Å². The van der Waals surface area contributed by atoms with E-state index in [1.54, 1.807) is 36.4 Å². The van der Waals surface area contributed by atoms with Crippen LogP contribution >= 0.6 is 0 Å². The number of sulfone groups is 1. The summed E-state index contributed by atoms with van der Waals surface area (Å²) >= 11 is 0. The van der Waals surface area contributed by atoms with E-state index in [1.807, 2.05) is 19.9 Å². The van der Waals surface area contributed by atoms with E-state index in [0.29, 0.717) is 32.1 Å². The topological polar surface area (TPSA) is 89.1 Å². The van der Waals surface area contributed by atoms with Gasteiger partial charge in [-0.05, 0) is 47.9 Å². The molecule has 4 aromatic rings. The van der Waals surface area contributed by atoms with Crippen molar-refractivity contribution in [3.8, 4) is 0 Å². The predicted molar refractivity (Wildman–Crippen MR) is 128 cm³/mol. The van der Waals surface area contributed by atoms with Gasteiger partial charge in [0.25, 0.3) is 0 Å². The molecule has 0 aliphatic carbocycles. The van der Waals surface area contributed by atoms with Gasteiger partial charge in [-0.3, -0.25) is 0 Å². The standard InChI is InChI=1S/C20H18F2N2O2.C6H4O2S/c1-11(2)6-16(12-4-5-15(17(22)8-12)20(25)26-3)18-9-13-7-14(21)10-23-19(13)24-18;7-9(8)5-3-1-2-4-6(5)9/h4-11H,1-3H3,(H,23,24);1-4H. The molecular weight excluding hydrogens is 474 g/mol. The molecule has 1 aliphatic rings. The fourth-order valence-corrected chi connectivity index (χ4v) is 4.92. The number of carbonyl (C=O) groups excluding carboxylic acids is 1. The summed E-state index contributed by atoms with van der Waals surface area (Å²) in [6, 6.07) is 14.2. The number of nitrogens with one attached hydrogen (secondary N) is 1. The van der Waals surface area contributed by atoms with Gasteiger partial charge in [0, 0.05) is 16.7 Å². The highest BCUT2D eigenvalue weighted by atomic mass is 32.2. The molecule has 0 fully saturated rings. The lowest BCUT2D eigenvalue weighted by Crippen LogP contribution is -2.05. The van der Waals surface area contributed by atoms with Gasteiger partial charge in [-0.2, -0.15) is 0 Å². The van der Waals surface area contributed by atoms with Crippen molar-refractivity contribution in [1.29, 1.82) is 0 Å². The van der Waals surface area contributed by atoms with E-state index in [0.717, 1.165) is 11.8 Å². The summed E-state index contributed by atoms with van der Waals surface area (Å²) in [7, 11) is -1.67. The molecule has 0 radical (unpaired) electrons. The molecular formula is C26H22F2N2O4S. The van der Waals surface area contributed by atoms with Gasteiger partial charge in [0.2, 0.25) is 9.84 Å². The van der Waals surface area contributed by atoms with Gasteiger partial charge < -0.3 is 9.72 Å². The molecule has 0 saturated carbocycles. The second kappa shape index (κ2) is 9.42. The zero-order valence-electron chi connectivity index (χ0n) is 19.2. The lowest BCUT2D eigenvalue weighted by Gasteiger charge is -2.10. The fourth-order valence-electron chi connectivity index (χ4n) is 3.62. The van der Waals surface area contributed by atoms with Crippen LogP contribution in [-0.4, -0.2) is 31.5 Å². The molecule has 0 bridgehead atoms. The second-order valence-corrected chi connectivity index (χ2v) is 10.1. The van der Waals surface area contributed by atoms with Crippen LogP contribution in [0.5, 0.6) is 0 Å². The second-order valence-electron chi connectivity index (χ2n) is 8.24. The predicted octanol–water partition coefficient (Wildman–Crippen LogP) is 5.55. The molecule has 3 heterocycles. The van der Waals surface area contributed by atoms with Gasteiger partial charge in [0.1, 0.15) is 17.3 Å². The number of hydrogen-bond donors (Lipinski definition) is 1. The summed E-state index contributed by atoms with van der Waals surface area (Å²) < 4.78 is 53.8. The number of aromatic nitrogens is 2. The summed E-state index contributed by atoms with van der Waals surface area (Å²) in [6.45, 7) is 4.00. The maximum Gasteiger partial charge on any atom is 0.340 e. The Bertz CT molecular complexity index is 1540. The monoisotopic (exact) mass is 496 g/mol. The van der Waals surface area contributed by atoms with Crippen LogP contribution in [0.1, 0.15) is 35.5 Å². The molecule has 35 heavy (non-hydrogen) atoms. The average Bonchev–Trinajstić information content (AvgIpc) is 3.16. The van der Waals surface area contributed by atoms with E-state index in [4.69, 9.17) is 0 Å². The van der Waals surface area contributed by atoms with Crippen LogP contribution in [-0.2, 0) is 14.6 Å². The number of benzene rings is 2. The zero-order chi connectivity index (χ0) is 25.3. The largest absolute Gasteiger partial charge is 0.465 e. The maximum atomic E-state index is 14.4. The molecule has 0 spiro atoms. The number of esters is 1. The molecule has 1 N–H and O–H groups in total. The number of fused-ring (bicyclic) bond motifs is 2. The number of allylic oxidation sites excluding steroid dienone is 1. The Morgan fingerprint density at radius 1 is 1.06 bits per heavy atom. The van der Waals surface area contributed by atoms with Crippen molar-refractivity contribution in [1.82, 2.24) is 9.97 Å². The van der Waals surface area contributed by atoms with E-state index < -0.39 is 27.4 Å². The minimum absolute atomic E-state index is 0.125. The Morgan fingerprint density at radius 2 is 1.74 bits per heavy atom. The van der Waals surface area contributed by atoms with Crippen molar-refractivity contribution in [2.75, 3.05) is 7.11 Å². The molecule has 5 rings (SSSR count). The lowest BCUT2D eigenvalue weighted by molar-refractivity contribution is 0.0595. The molecule has 180 valence electrons. The van der Waals surface area contributed by atoms with E-state index in [1.165, 1.54) is 25.3 Å². The summed E-state index contributed by atoms with van der Waals surface area (Å²) in [5.74, 6) is -1.63. The van der Waals surface area contributed by atoms with Crippen molar-refractivity contribution in [3.63, 3.8) is 0 Å². The van der Waals surface area contributed by atoms with Gasteiger partial charge in [0.05, 0.1) is 28.7 Å². The first-order chi connectivity index (χ1) is 16.6.